The number of amides is 1. The Morgan fingerprint density at radius 3 is 2.88 bits per heavy atom. The molecule has 1 saturated heterocycles. The van der Waals surface area contributed by atoms with Gasteiger partial charge in [0.05, 0.1) is 5.56 Å². The second-order valence-corrected chi connectivity index (χ2v) is 4.01. The molecule has 1 aromatic heterocycles. The highest BCUT2D eigenvalue weighted by Gasteiger charge is 2.34. The molecular formula is C11H14N2O3. The molecule has 0 unspecified atom stereocenters. The number of hydrogen-bond acceptors (Lipinski definition) is 2. The maximum absolute atomic E-state index is 12.1. The van der Waals surface area contributed by atoms with E-state index in [0.29, 0.717) is 18.5 Å². The van der Waals surface area contributed by atoms with Gasteiger partial charge < -0.3 is 15.0 Å². The number of nitrogens with one attached hydrogen (secondary N) is 1. The first-order valence-corrected chi connectivity index (χ1v) is 5.29. The molecule has 1 fully saturated rings. The summed E-state index contributed by atoms with van der Waals surface area (Å²) in [6.45, 7) is 2.33. The monoisotopic (exact) mass is 222 g/mol. The van der Waals surface area contributed by atoms with Gasteiger partial charge in [0.2, 0.25) is 0 Å². The van der Waals surface area contributed by atoms with Crippen LogP contribution in [0.5, 0.6) is 0 Å². The Morgan fingerprint density at radius 2 is 2.31 bits per heavy atom. The van der Waals surface area contributed by atoms with Gasteiger partial charge >= 0.3 is 5.97 Å². The second kappa shape index (κ2) is 4.00. The van der Waals surface area contributed by atoms with Crippen molar-refractivity contribution in [1.82, 2.24) is 9.88 Å². The van der Waals surface area contributed by atoms with Crippen molar-refractivity contribution in [3.05, 3.63) is 23.5 Å². The number of carboxylic acids is 1. The molecule has 1 aliphatic heterocycles. The van der Waals surface area contributed by atoms with Crippen LogP contribution >= 0.6 is 0 Å². The Balaban J connectivity index is 2.22. The summed E-state index contributed by atoms with van der Waals surface area (Å²) in [7, 11) is 0. The molecule has 2 rings (SSSR count). The van der Waals surface area contributed by atoms with Crippen molar-refractivity contribution >= 4 is 11.9 Å². The number of aromatic amines is 1. The van der Waals surface area contributed by atoms with E-state index >= 15 is 0 Å². The lowest BCUT2D eigenvalue weighted by atomic mass is 10.2. The maximum atomic E-state index is 12.1. The van der Waals surface area contributed by atoms with Crippen molar-refractivity contribution in [2.45, 2.75) is 25.8 Å². The quantitative estimate of drug-likeness (QED) is 0.784. The van der Waals surface area contributed by atoms with Crippen LogP contribution in [0.1, 0.15) is 28.9 Å². The predicted octanol–water partition coefficient (Wildman–Crippen LogP) is 1.01. The molecule has 5 nitrogen and oxygen atoms in total. The highest BCUT2D eigenvalue weighted by molar-refractivity contribution is 5.97. The van der Waals surface area contributed by atoms with Crippen LogP contribution in [0.4, 0.5) is 0 Å². The van der Waals surface area contributed by atoms with E-state index in [2.05, 4.69) is 4.98 Å². The summed E-state index contributed by atoms with van der Waals surface area (Å²) in [5, 5.41) is 9.00. The summed E-state index contributed by atoms with van der Waals surface area (Å²) < 4.78 is 0. The minimum atomic E-state index is -0.918. The number of carboxylic acid groups (broad SMARTS) is 1. The van der Waals surface area contributed by atoms with E-state index in [1.807, 2.05) is 0 Å². The van der Waals surface area contributed by atoms with Gasteiger partial charge in [0.25, 0.3) is 5.91 Å². The molecule has 2 heterocycles. The Bertz CT molecular complexity index is 425. The number of H-pyrrole nitrogens is 1. The fraction of sp³-hybridized carbons (Fsp3) is 0.455. The van der Waals surface area contributed by atoms with Crippen LogP contribution in [-0.2, 0) is 4.79 Å². The predicted molar refractivity (Wildman–Crippen MR) is 57.2 cm³/mol. The van der Waals surface area contributed by atoms with Crippen LogP contribution in [-0.4, -0.2) is 39.5 Å². The Hall–Kier alpha value is -1.78. The number of aliphatic carboxylic acids is 1. The summed E-state index contributed by atoms with van der Waals surface area (Å²) in [5.41, 5.74) is 1.34. The maximum Gasteiger partial charge on any atom is 0.326 e. The number of aromatic nitrogens is 1. The normalized spacial score (nSPS) is 20.1. The standard InChI is InChI=1S/C11H14N2O3/c1-7-8(4-5-12-7)10(14)13-6-2-3-9(13)11(15)16/h4-5,9,12H,2-3,6H2,1H3,(H,15,16)/t9-/m0/s1. The number of aryl methyl sites for hydroxylation is 1. The second-order valence-electron chi connectivity index (χ2n) is 4.01. The molecule has 1 atom stereocenters. The molecule has 0 radical (unpaired) electrons. The topological polar surface area (TPSA) is 73.4 Å². The van der Waals surface area contributed by atoms with Gasteiger partial charge in [0.1, 0.15) is 6.04 Å². The zero-order valence-electron chi connectivity index (χ0n) is 9.06. The lowest BCUT2D eigenvalue weighted by molar-refractivity contribution is -0.141. The van der Waals surface area contributed by atoms with Crippen molar-refractivity contribution < 1.29 is 14.7 Å². The lowest BCUT2D eigenvalue weighted by Crippen LogP contribution is -2.40. The number of hydrogen-bond donors (Lipinski definition) is 2. The van der Waals surface area contributed by atoms with E-state index in [0.717, 1.165) is 12.1 Å². The lowest BCUT2D eigenvalue weighted by Gasteiger charge is -2.21. The van der Waals surface area contributed by atoms with Gasteiger partial charge in [-0.1, -0.05) is 0 Å². The number of carbonyl (C=O) groups is 2. The minimum absolute atomic E-state index is 0.191. The van der Waals surface area contributed by atoms with Crippen molar-refractivity contribution in [2.75, 3.05) is 6.54 Å². The average Bonchev–Trinajstić information content (AvgIpc) is 2.84. The first-order chi connectivity index (χ1) is 7.61. The molecule has 0 bridgehead atoms. The molecule has 0 saturated carbocycles. The Labute approximate surface area is 93.1 Å². The van der Waals surface area contributed by atoms with Gasteiger partial charge in [0.15, 0.2) is 0 Å². The van der Waals surface area contributed by atoms with E-state index in [1.165, 1.54) is 4.90 Å². The fourth-order valence-corrected chi connectivity index (χ4v) is 2.11. The molecule has 86 valence electrons. The average molecular weight is 222 g/mol. The van der Waals surface area contributed by atoms with Crippen molar-refractivity contribution in [2.24, 2.45) is 0 Å². The molecule has 16 heavy (non-hydrogen) atoms. The number of likely N-dealkylation sites (tertiary alicyclic amines) is 1. The van der Waals surface area contributed by atoms with Crippen molar-refractivity contribution in [3.8, 4) is 0 Å². The summed E-state index contributed by atoms with van der Waals surface area (Å²) in [6, 6.07) is 1.02. The third-order valence-corrected chi connectivity index (χ3v) is 2.98. The van der Waals surface area contributed by atoms with Gasteiger partial charge in [-0.2, -0.15) is 0 Å². The summed E-state index contributed by atoms with van der Waals surface area (Å²) in [4.78, 5) is 27.4. The number of rotatable bonds is 2. The van der Waals surface area contributed by atoms with Crippen molar-refractivity contribution in [3.63, 3.8) is 0 Å². The first kappa shape index (κ1) is 10.7. The first-order valence-electron chi connectivity index (χ1n) is 5.29. The van der Waals surface area contributed by atoms with Crippen LogP contribution in [0.3, 0.4) is 0 Å². The van der Waals surface area contributed by atoms with Crippen LogP contribution in [0.25, 0.3) is 0 Å². The van der Waals surface area contributed by atoms with Gasteiger partial charge in [-0.15, -0.1) is 0 Å². The molecule has 0 aliphatic carbocycles. The fourth-order valence-electron chi connectivity index (χ4n) is 2.11. The number of nitrogens with zero attached hydrogens (tertiary/aromatic N) is 1. The minimum Gasteiger partial charge on any atom is -0.480 e. The van der Waals surface area contributed by atoms with Crippen LogP contribution < -0.4 is 0 Å². The van der Waals surface area contributed by atoms with Crippen LogP contribution in [0.2, 0.25) is 0 Å². The van der Waals surface area contributed by atoms with Gasteiger partial charge in [-0.05, 0) is 25.8 Å². The summed E-state index contributed by atoms with van der Waals surface area (Å²) in [6.07, 6.45) is 2.99. The molecule has 1 aromatic rings. The van der Waals surface area contributed by atoms with Gasteiger partial charge in [-0.3, -0.25) is 4.79 Å². The molecule has 2 N–H and O–H groups in total. The largest absolute Gasteiger partial charge is 0.480 e. The Kier molecular flexibility index (Phi) is 2.68. The van der Waals surface area contributed by atoms with E-state index in [9.17, 15) is 9.59 Å². The van der Waals surface area contributed by atoms with Crippen LogP contribution in [0, 0.1) is 6.92 Å². The third-order valence-electron chi connectivity index (χ3n) is 2.98. The van der Waals surface area contributed by atoms with E-state index in [-0.39, 0.29) is 5.91 Å². The third kappa shape index (κ3) is 1.68. The van der Waals surface area contributed by atoms with Crippen molar-refractivity contribution in [1.29, 1.82) is 0 Å². The summed E-state index contributed by atoms with van der Waals surface area (Å²) >= 11 is 0. The zero-order chi connectivity index (χ0) is 11.7. The molecular weight excluding hydrogens is 208 g/mol. The zero-order valence-corrected chi connectivity index (χ0v) is 9.06. The highest BCUT2D eigenvalue weighted by Crippen LogP contribution is 2.21. The smallest absolute Gasteiger partial charge is 0.326 e. The molecule has 5 heteroatoms. The molecule has 0 aromatic carbocycles. The van der Waals surface area contributed by atoms with E-state index < -0.39 is 12.0 Å². The molecule has 0 spiro atoms. The van der Waals surface area contributed by atoms with Gasteiger partial charge in [-0.25, -0.2) is 4.79 Å². The Morgan fingerprint density at radius 1 is 1.56 bits per heavy atom. The summed E-state index contributed by atoms with van der Waals surface area (Å²) in [5.74, 6) is -1.11. The van der Waals surface area contributed by atoms with E-state index in [1.54, 1.807) is 19.2 Å². The highest BCUT2D eigenvalue weighted by atomic mass is 16.4. The molecule has 1 aliphatic rings. The van der Waals surface area contributed by atoms with Gasteiger partial charge in [0, 0.05) is 18.4 Å². The van der Waals surface area contributed by atoms with Crippen LogP contribution in [0.15, 0.2) is 12.3 Å². The molecule has 1 amide bonds. The SMILES string of the molecule is Cc1[nH]ccc1C(=O)N1CCC[C@H]1C(=O)O. The number of carbonyl (C=O) groups excluding carboxylic acids is 1. The van der Waals surface area contributed by atoms with E-state index in [4.69, 9.17) is 5.11 Å².